The van der Waals surface area contributed by atoms with E-state index >= 15 is 0 Å². The summed E-state index contributed by atoms with van der Waals surface area (Å²) in [7, 11) is 3.54. The van der Waals surface area contributed by atoms with Gasteiger partial charge in [-0.25, -0.2) is 0 Å². The molecular weight excluding hydrogens is 509 g/mol. The van der Waals surface area contributed by atoms with Crippen LogP contribution in [0.25, 0.3) is 0 Å². The number of piperidine rings is 1. The van der Waals surface area contributed by atoms with Crippen LogP contribution in [-0.4, -0.2) is 67.8 Å². The van der Waals surface area contributed by atoms with Crippen molar-refractivity contribution >= 4 is 47.6 Å². The lowest BCUT2D eigenvalue weighted by Crippen LogP contribution is -2.51. The van der Waals surface area contributed by atoms with Gasteiger partial charge >= 0.3 is 0 Å². The van der Waals surface area contributed by atoms with Crippen LogP contribution in [0.5, 0.6) is 0 Å². The van der Waals surface area contributed by atoms with Crippen LogP contribution in [0, 0.1) is 0 Å². The van der Waals surface area contributed by atoms with Crippen LogP contribution >= 0.6 is 35.7 Å². The first-order valence-electron chi connectivity index (χ1n) is 10.8. The number of likely N-dealkylation sites (tertiary alicyclic amines) is 1. The van der Waals surface area contributed by atoms with E-state index in [-0.39, 0.29) is 34.6 Å². The van der Waals surface area contributed by atoms with Gasteiger partial charge in [0.05, 0.1) is 6.54 Å². The quantitative estimate of drug-likeness (QED) is 0.279. The smallest absolute Gasteiger partial charge is 0.233 e. The highest BCUT2D eigenvalue weighted by Crippen LogP contribution is 2.44. The van der Waals surface area contributed by atoms with Gasteiger partial charge in [0.2, 0.25) is 5.91 Å². The molecule has 0 aromatic heterocycles. The highest BCUT2D eigenvalue weighted by molar-refractivity contribution is 14.0. The molecule has 2 fully saturated rings. The molecule has 1 saturated carbocycles. The molecule has 0 atom stereocenters. The summed E-state index contributed by atoms with van der Waals surface area (Å²) in [5.41, 5.74) is 0. The number of hydrogen-bond acceptors (Lipinski definition) is 4. The second-order valence-electron chi connectivity index (χ2n) is 8.10. The summed E-state index contributed by atoms with van der Waals surface area (Å²) < 4.78 is 0.246. The minimum Gasteiger partial charge on any atom is -0.358 e. The molecule has 30 heavy (non-hydrogen) atoms. The Balaban J connectivity index is 0.00000320. The van der Waals surface area contributed by atoms with E-state index in [0.717, 1.165) is 38.4 Å². The number of halogens is 1. The van der Waals surface area contributed by atoms with Crippen molar-refractivity contribution in [3.63, 3.8) is 0 Å². The molecule has 6 nitrogen and oxygen atoms in total. The van der Waals surface area contributed by atoms with E-state index in [4.69, 9.17) is 0 Å². The average molecular weight is 546 g/mol. The number of benzene rings is 1. The molecule has 1 aromatic carbocycles. The minimum atomic E-state index is 0. The number of hydrogen-bond donors (Lipinski definition) is 3. The fourth-order valence-corrected chi connectivity index (χ4v) is 5.65. The zero-order chi connectivity index (χ0) is 20.5. The number of carbonyl (C=O) groups excluding carboxylic acids is 1. The number of nitrogens with zero attached hydrogens (tertiary/aromatic N) is 2. The van der Waals surface area contributed by atoms with Gasteiger partial charge < -0.3 is 16.0 Å². The molecule has 1 aromatic rings. The van der Waals surface area contributed by atoms with Crippen LogP contribution in [0.2, 0.25) is 0 Å². The molecule has 168 valence electrons. The molecular formula is C22H36IN5OS. The number of guanidine groups is 1. The summed E-state index contributed by atoms with van der Waals surface area (Å²) in [6.07, 6.45) is 7.15. The van der Waals surface area contributed by atoms with Gasteiger partial charge in [0.1, 0.15) is 0 Å². The molecule has 1 aliphatic heterocycles. The average Bonchev–Trinajstić information content (AvgIpc) is 3.21. The molecule has 0 radical (unpaired) electrons. The summed E-state index contributed by atoms with van der Waals surface area (Å²) in [6, 6.07) is 11.2. The largest absolute Gasteiger partial charge is 0.358 e. The molecule has 0 unspecified atom stereocenters. The maximum atomic E-state index is 11.6. The first kappa shape index (κ1) is 25.3. The van der Waals surface area contributed by atoms with Crippen LogP contribution < -0.4 is 16.0 Å². The number of likely N-dealkylation sites (N-methyl/N-ethyl adjacent to an activating group) is 1. The van der Waals surface area contributed by atoms with Gasteiger partial charge in [-0.3, -0.25) is 14.7 Å². The molecule has 3 rings (SSSR count). The summed E-state index contributed by atoms with van der Waals surface area (Å²) in [4.78, 5) is 19.6. The van der Waals surface area contributed by atoms with E-state index in [1.807, 2.05) is 18.8 Å². The Kier molecular flexibility index (Phi) is 10.7. The van der Waals surface area contributed by atoms with Crippen molar-refractivity contribution in [3.05, 3.63) is 30.3 Å². The molecule has 3 N–H and O–H groups in total. The van der Waals surface area contributed by atoms with Crippen LogP contribution in [0.3, 0.4) is 0 Å². The first-order valence-corrected chi connectivity index (χ1v) is 11.6. The standard InChI is InChI=1S/C22H35N5OS.HI/c1-23-20(28)16-27-14-10-18(11-15-27)26-21(24-2)25-17-22(12-6-7-13-22)29-19-8-4-3-5-9-19;/h3-5,8-9,18H,6-7,10-17H2,1-2H3,(H,23,28)(H2,24,25,26);1H. The zero-order valence-corrected chi connectivity index (χ0v) is 21.3. The summed E-state index contributed by atoms with van der Waals surface area (Å²) in [6.45, 7) is 3.31. The van der Waals surface area contributed by atoms with E-state index in [1.54, 1.807) is 7.05 Å². The molecule has 1 amide bonds. The normalized spacial score (nSPS) is 19.7. The molecule has 8 heteroatoms. The lowest BCUT2D eigenvalue weighted by Gasteiger charge is -2.34. The van der Waals surface area contributed by atoms with Gasteiger partial charge in [-0.15, -0.1) is 35.7 Å². The Morgan fingerprint density at radius 3 is 2.47 bits per heavy atom. The fourth-order valence-electron chi connectivity index (χ4n) is 4.22. The maximum absolute atomic E-state index is 11.6. The van der Waals surface area contributed by atoms with Crippen LogP contribution in [0.1, 0.15) is 38.5 Å². The second kappa shape index (κ2) is 12.8. The number of nitrogens with one attached hydrogen (secondary N) is 3. The number of carbonyl (C=O) groups is 1. The van der Waals surface area contributed by atoms with Crippen molar-refractivity contribution in [3.8, 4) is 0 Å². The van der Waals surface area contributed by atoms with Crippen LogP contribution in [-0.2, 0) is 4.79 Å². The predicted molar refractivity (Wildman–Crippen MR) is 137 cm³/mol. The summed E-state index contributed by atoms with van der Waals surface area (Å²) in [5, 5.41) is 9.92. The Morgan fingerprint density at radius 1 is 1.20 bits per heavy atom. The Hall–Kier alpha value is -1.00. The summed E-state index contributed by atoms with van der Waals surface area (Å²) >= 11 is 2.02. The third-order valence-electron chi connectivity index (χ3n) is 5.97. The first-order chi connectivity index (χ1) is 14.1. The monoisotopic (exact) mass is 545 g/mol. The molecule has 1 saturated heterocycles. The lowest BCUT2D eigenvalue weighted by atomic mass is 10.1. The van der Waals surface area contributed by atoms with Gasteiger partial charge in [0, 0.05) is 49.4 Å². The number of amides is 1. The Labute approximate surface area is 202 Å². The third kappa shape index (κ3) is 7.60. The molecule has 2 aliphatic rings. The van der Waals surface area contributed by atoms with Crippen molar-refractivity contribution in [2.75, 3.05) is 40.3 Å². The third-order valence-corrected chi connectivity index (χ3v) is 7.46. The highest BCUT2D eigenvalue weighted by Gasteiger charge is 2.35. The SMILES string of the molecule is CN=C(NCC1(Sc2ccccc2)CCCC1)NC1CCN(CC(=O)NC)CC1.I. The van der Waals surface area contributed by atoms with E-state index in [1.165, 1.54) is 30.6 Å². The second-order valence-corrected chi connectivity index (χ2v) is 9.64. The van der Waals surface area contributed by atoms with Gasteiger partial charge in [-0.1, -0.05) is 31.0 Å². The van der Waals surface area contributed by atoms with E-state index in [0.29, 0.717) is 12.6 Å². The van der Waals surface area contributed by atoms with Gasteiger partial charge in [0.25, 0.3) is 0 Å². The van der Waals surface area contributed by atoms with Crippen LogP contribution in [0.15, 0.2) is 40.2 Å². The van der Waals surface area contributed by atoms with Gasteiger partial charge in [-0.2, -0.15) is 0 Å². The van der Waals surface area contributed by atoms with E-state index < -0.39 is 0 Å². The van der Waals surface area contributed by atoms with Crippen molar-refractivity contribution in [1.29, 1.82) is 0 Å². The predicted octanol–water partition coefficient (Wildman–Crippen LogP) is 3.08. The molecule has 0 spiro atoms. The molecule has 0 bridgehead atoms. The van der Waals surface area contributed by atoms with Gasteiger partial charge in [-0.05, 0) is 37.8 Å². The number of aliphatic imine (C=N–C) groups is 1. The highest BCUT2D eigenvalue weighted by atomic mass is 127. The maximum Gasteiger partial charge on any atom is 0.233 e. The van der Waals surface area contributed by atoms with Crippen molar-refractivity contribution < 1.29 is 4.79 Å². The molecule has 1 heterocycles. The Bertz CT molecular complexity index is 673. The number of rotatable bonds is 7. The Morgan fingerprint density at radius 2 is 1.87 bits per heavy atom. The minimum absolute atomic E-state index is 0. The van der Waals surface area contributed by atoms with E-state index in [9.17, 15) is 4.79 Å². The van der Waals surface area contributed by atoms with E-state index in [2.05, 4.69) is 56.2 Å². The lowest BCUT2D eigenvalue weighted by molar-refractivity contribution is -0.122. The van der Waals surface area contributed by atoms with Crippen molar-refractivity contribution in [1.82, 2.24) is 20.9 Å². The van der Waals surface area contributed by atoms with Crippen molar-refractivity contribution in [2.45, 2.75) is 54.2 Å². The van der Waals surface area contributed by atoms with Crippen molar-refractivity contribution in [2.24, 2.45) is 4.99 Å². The van der Waals surface area contributed by atoms with Gasteiger partial charge in [0.15, 0.2) is 5.96 Å². The van der Waals surface area contributed by atoms with Crippen LogP contribution in [0.4, 0.5) is 0 Å². The fraction of sp³-hybridized carbons (Fsp3) is 0.636. The summed E-state index contributed by atoms with van der Waals surface area (Å²) in [5.74, 6) is 0.987. The number of thioether (sulfide) groups is 1. The topological polar surface area (TPSA) is 68.8 Å². The zero-order valence-electron chi connectivity index (χ0n) is 18.2. The molecule has 1 aliphatic carbocycles.